The van der Waals surface area contributed by atoms with Gasteiger partial charge in [-0.15, -0.1) is 0 Å². The van der Waals surface area contributed by atoms with Crippen LogP contribution in [-0.2, 0) is 9.53 Å². The topological polar surface area (TPSA) is 50.4 Å². The quantitative estimate of drug-likeness (QED) is 0.809. The molecule has 0 radical (unpaired) electrons. The predicted molar refractivity (Wildman–Crippen MR) is 112 cm³/mol. The molecule has 2 aliphatic heterocycles. The fourth-order valence-electron chi connectivity index (χ4n) is 6.82. The van der Waals surface area contributed by atoms with Crippen LogP contribution in [0.5, 0.6) is 0 Å². The molecule has 2 bridgehead atoms. The smallest absolute Gasteiger partial charge is 0.217 e. The third kappa shape index (κ3) is 3.00. The zero-order valence-corrected chi connectivity index (χ0v) is 18.3. The molecule has 0 unspecified atom stereocenters. The van der Waals surface area contributed by atoms with Crippen LogP contribution in [0.3, 0.4) is 0 Å². The number of benzene rings is 1. The van der Waals surface area contributed by atoms with Gasteiger partial charge in [-0.2, -0.15) is 0 Å². The number of ether oxygens (including phenoxy) is 1. The van der Waals surface area contributed by atoms with Crippen molar-refractivity contribution in [1.82, 2.24) is 10.6 Å². The molecule has 4 heteroatoms. The molecule has 3 fully saturated rings. The van der Waals surface area contributed by atoms with E-state index >= 15 is 0 Å². The molecule has 2 saturated heterocycles. The van der Waals surface area contributed by atoms with Crippen molar-refractivity contribution in [2.75, 3.05) is 6.61 Å². The van der Waals surface area contributed by atoms with Crippen LogP contribution in [0.2, 0.25) is 0 Å². The van der Waals surface area contributed by atoms with Crippen LogP contribution in [0, 0.1) is 31.6 Å². The second-order valence-electron chi connectivity index (χ2n) is 10.1. The lowest BCUT2D eigenvalue weighted by molar-refractivity contribution is -0.161. The van der Waals surface area contributed by atoms with Crippen molar-refractivity contribution in [1.29, 1.82) is 0 Å². The number of fused-ring (bicyclic) bond motifs is 4. The zero-order chi connectivity index (χ0) is 20.3. The van der Waals surface area contributed by atoms with E-state index in [-0.39, 0.29) is 23.1 Å². The van der Waals surface area contributed by atoms with Gasteiger partial charge >= 0.3 is 0 Å². The van der Waals surface area contributed by atoms with Crippen LogP contribution in [0.15, 0.2) is 18.2 Å². The minimum absolute atomic E-state index is 0.0493. The molecule has 2 heterocycles. The van der Waals surface area contributed by atoms with E-state index in [1.165, 1.54) is 23.1 Å². The molecule has 1 aliphatic carbocycles. The number of amides is 1. The molecule has 4 nitrogen and oxygen atoms in total. The Morgan fingerprint density at radius 3 is 2.46 bits per heavy atom. The number of aryl methyl sites for hydroxylation is 2. The highest BCUT2D eigenvalue weighted by Gasteiger charge is 2.61. The molecule has 4 rings (SSSR count). The molecule has 3 aliphatic rings. The summed E-state index contributed by atoms with van der Waals surface area (Å²) in [6.45, 7) is 13.7. The fourth-order valence-corrected chi connectivity index (χ4v) is 6.82. The van der Waals surface area contributed by atoms with Crippen molar-refractivity contribution in [3.05, 3.63) is 34.9 Å². The number of carbonyl (C=O) groups is 1. The normalized spacial score (nSPS) is 39.1. The Labute approximate surface area is 169 Å². The Morgan fingerprint density at radius 2 is 1.82 bits per heavy atom. The van der Waals surface area contributed by atoms with Gasteiger partial charge in [0.2, 0.25) is 5.91 Å². The van der Waals surface area contributed by atoms with Crippen LogP contribution in [-0.4, -0.2) is 29.6 Å². The first-order chi connectivity index (χ1) is 13.2. The van der Waals surface area contributed by atoms with E-state index in [1.54, 1.807) is 6.92 Å². The van der Waals surface area contributed by atoms with Crippen LogP contribution in [0.4, 0.5) is 0 Å². The number of piperidine rings is 1. The molecule has 28 heavy (non-hydrogen) atoms. The summed E-state index contributed by atoms with van der Waals surface area (Å²) in [5.74, 6) is 1.41. The first-order valence-electron chi connectivity index (χ1n) is 10.9. The van der Waals surface area contributed by atoms with Crippen LogP contribution in [0.1, 0.15) is 69.8 Å². The zero-order valence-electron chi connectivity index (χ0n) is 18.3. The van der Waals surface area contributed by atoms with Crippen molar-refractivity contribution < 1.29 is 9.53 Å². The lowest BCUT2D eigenvalue weighted by Crippen LogP contribution is -2.74. The lowest BCUT2D eigenvalue weighted by Gasteiger charge is -2.63. The van der Waals surface area contributed by atoms with Crippen molar-refractivity contribution in [2.24, 2.45) is 17.8 Å². The maximum Gasteiger partial charge on any atom is 0.217 e. The Hall–Kier alpha value is -1.39. The molecule has 1 amide bonds. The van der Waals surface area contributed by atoms with Gasteiger partial charge in [-0.05, 0) is 82.4 Å². The van der Waals surface area contributed by atoms with Gasteiger partial charge in [-0.25, -0.2) is 0 Å². The van der Waals surface area contributed by atoms with E-state index in [1.807, 2.05) is 0 Å². The largest absolute Gasteiger partial charge is 0.373 e. The van der Waals surface area contributed by atoms with Gasteiger partial charge in [0.1, 0.15) is 0 Å². The van der Waals surface area contributed by atoms with Gasteiger partial charge in [0.25, 0.3) is 0 Å². The lowest BCUT2D eigenvalue weighted by atomic mass is 9.51. The van der Waals surface area contributed by atoms with Gasteiger partial charge in [-0.1, -0.05) is 18.2 Å². The summed E-state index contributed by atoms with van der Waals surface area (Å²) in [6.07, 6.45) is 3.22. The van der Waals surface area contributed by atoms with Gasteiger partial charge in [-0.3, -0.25) is 4.79 Å². The van der Waals surface area contributed by atoms with E-state index in [9.17, 15) is 4.79 Å². The fraction of sp³-hybridized carbons (Fsp3) is 0.708. The number of carbonyl (C=O) groups excluding carboxylic acids is 1. The molecule has 0 spiro atoms. The molecule has 1 aromatic carbocycles. The Balaban J connectivity index is 1.83. The average molecular weight is 385 g/mol. The van der Waals surface area contributed by atoms with E-state index in [0.29, 0.717) is 30.4 Å². The van der Waals surface area contributed by atoms with Crippen LogP contribution in [0.25, 0.3) is 0 Å². The van der Waals surface area contributed by atoms with Gasteiger partial charge in [0.15, 0.2) is 0 Å². The third-order valence-corrected chi connectivity index (χ3v) is 8.04. The molecule has 2 N–H and O–H groups in total. The molecular formula is C24H36N2O2. The summed E-state index contributed by atoms with van der Waals surface area (Å²) in [5, 5.41) is 7.36. The summed E-state index contributed by atoms with van der Waals surface area (Å²) in [6, 6.07) is 6.89. The summed E-state index contributed by atoms with van der Waals surface area (Å²) < 4.78 is 6.50. The highest BCUT2D eigenvalue weighted by atomic mass is 16.5. The van der Waals surface area contributed by atoms with E-state index in [0.717, 1.165) is 12.8 Å². The van der Waals surface area contributed by atoms with Crippen LogP contribution < -0.4 is 10.6 Å². The molecule has 1 saturated carbocycles. The Morgan fingerprint density at radius 1 is 1.18 bits per heavy atom. The molecule has 0 aromatic heterocycles. The van der Waals surface area contributed by atoms with Crippen molar-refractivity contribution >= 4 is 5.91 Å². The predicted octanol–water partition coefficient (Wildman–Crippen LogP) is 4.05. The average Bonchev–Trinajstić information content (AvgIpc) is 2.58. The van der Waals surface area contributed by atoms with Crippen molar-refractivity contribution in [2.45, 2.75) is 84.0 Å². The third-order valence-electron chi connectivity index (χ3n) is 8.04. The minimum Gasteiger partial charge on any atom is -0.373 e. The molecular weight excluding hydrogens is 348 g/mol. The van der Waals surface area contributed by atoms with E-state index in [4.69, 9.17) is 4.74 Å². The maximum absolute atomic E-state index is 12.4. The summed E-state index contributed by atoms with van der Waals surface area (Å²) >= 11 is 0. The standard InChI is InChI=1S/C24H36N2O2/c1-14-8-7-9-15(2)21(14)22-20-13-18-12-19(16(3)25-23(18,5)6)24(20,10-11-28-22)26-17(4)27/h7-9,16,18-20,22,25H,10-13H2,1-6H3,(H,26,27)/t16-,18-,19+,20+,22-,24+/m1/s1. The molecule has 154 valence electrons. The number of hydrogen-bond acceptors (Lipinski definition) is 3. The first kappa shape index (κ1) is 19.9. The Bertz CT molecular complexity index is 754. The molecule has 1 aromatic rings. The van der Waals surface area contributed by atoms with E-state index in [2.05, 4.69) is 63.5 Å². The maximum atomic E-state index is 12.4. The monoisotopic (exact) mass is 384 g/mol. The number of rotatable bonds is 2. The summed E-state index contributed by atoms with van der Waals surface area (Å²) in [5.41, 5.74) is 3.85. The Kier molecular flexibility index (Phi) is 4.86. The summed E-state index contributed by atoms with van der Waals surface area (Å²) in [7, 11) is 0. The second-order valence-corrected chi connectivity index (χ2v) is 10.1. The van der Waals surface area contributed by atoms with Gasteiger partial charge < -0.3 is 15.4 Å². The molecule has 6 atom stereocenters. The SMILES string of the molecule is CC(=O)N[C@]12CCO[C@@H](c3c(C)cccc3C)[C@@H]1C[C@H]1C[C@H]2[C@@H](C)NC1(C)C. The van der Waals surface area contributed by atoms with Crippen LogP contribution >= 0.6 is 0 Å². The van der Waals surface area contributed by atoms with Crippen molar-refractivity contribution in [3.8, 4) is 0 Å². The minimum atomic E-state index is -0.192. The number of hydrogen-bond donors (Lipinski definition) is 2. The highest BCUT2D eigenvalue weighted by Crippen LogP contribution is 2.57. The second kappa shape index (κ2) is 6.84. The first-order valence-corrected chi connectivity index (χ1v) is 10.9. The summed E-state index contributed by atoms with van der Waals surface area (Å²) in [4.78, 5) is 12.4. The highest BCUT2D eigenvalue weighted by molar-refractivity contribution is 5.74. The van der Waals surface area contributed by atoms with E-state index < -0.39 is 0 Å². The van der Waals surface area contributed by atoms with Crippen molar-refractivity contribution in [3.63, 3.8) is 0 Å². The number of nitrogens with one attached hydrogen (secondary N) is 2. The van der Waals surface area contributed by atoms with Gasteiger partial charge in [0.05, 0.1) is 11.6 Å². The van der Waals surface area contributed by atoms with Gasteiger partial charge in [0, 0.05) is 31.0 Å².